The lowest BCUT2D eigenvalue weighted by molar-refractivity contribution is 1.24. The smallest absolute Gasteiger partial charge is 0.132 e. The fraction of sp³-hybridized carbons (Fsp3) is 0.0476. The fourth-order valence-corrected chi connectivity index (χ4v) is 3.48. The number of thiazole rings is 1. The molecule has 0 aliphatic heterocycles. The number of nitrogens with zero attached hydrogens (tertiary/aromatic N) is 4. The number of hydrogen-bond acceptors (Lipinski definition) is 6. The highest BCUT2D eigenvalue weighted by atomic mass is 32.1. The molecule has 130 valence electrons. The topological polar surface area (TPSA) is 74.5 Å². The molecule has 0 atom stereocenters. The summed E-state index contributed by atoms with van der Waals surface area (Å²) in [6.07, 6.45) is 3.60. The van der Waals surface area contributed by atoms with E-state index in [1.807, 2.05) is 55.6 Å². The first-order valence-electron chi connectivity index (χ1n) is 8.35. The van der Waals surface area contributed by atoms with E-state index >= 15 is 0 Å². The number of hydrogen-bond donors (Lipinski definition) is 1. The molecule has 4 rings (SSSR count). The van der Waals surface area contributed by atoms with Gasteiger partial charge < -0.3 is 5.32 Å². The SMILES string of the molecule is Cc1ccnc(Nc2cccc(-c3cnc(-c4ccc(C#N)cc4)s3)n2)c1. The van der Waals surface area contributed by atoms with Gasteiger partial charge in [0.1, 0.15) is 16.6 Å². The van der Waals surface area contributed by atoms with Gasteiger partial charge in [0.2, 0.25) is 0 Å². The zero-order chi connectivity index (χ0) is 18.6. The zero-order valence-corrected chi connectivity index (χ0v) is 15.4. The van der Waals surface area contributed by atoms with Crippen molar-refractivity contribution in [1.82, 2.24) is 15.0 Å². The van der Waals surface area contributed by atoms with Gasteiger partial charge in [0.05, 0.1) is 22.2 Å². The van der Waals surface area contributed by atoms with E-state index in [1.54, 1.807) is 29.7 Å². The van der Waals surface area contributed by atoms with Crippen LogP contribution in [0.25, 0.3) is 21.1 Å². The van der Waals surface area contributed by atoms with Crippen LogP contribution in [-0.4, -0.2) is 15.0 Å². The van der Waals surface area contributed by atoms with Crippen molar-refractivity contribution in [2.45, 2.75) is 6.92 Å². The van der Waals surface area contributed by atoms with Crippen molar-refractivity contribution in [3.8, 4) is 27.2 Å². The number of aryl methyl sites for hydroxylation is 1. The normalized spacial score (nSPS) is 10.4. The van der Waals surface area contributed by atoms with Gasteiger partial charge in [-0.15, -0.1) is 11.3 Å². The van der Waals surface area contributed by atoms with Crippen molar-refractivity contribution in [2.24, 2.45) is 0 Å². The highest BCUT2D eigenvalue weighted by Crippen LogP contribution is 2.31. The van der Waals surface area contributed by atoms with Crippen molar-refractivity contribution >= 4 is 23.0 Å². The van der Waals surface area contributed by atoms with Crippen molar-refractivity contribution in [1.29, 1.82) is 5.26 Å². The molecule has 0 saturated heterocycles. The second kappa shape index (κ2) is 7.36. The third-order valence-electron chi connectivity index (χ3n) is 3.94. The summed E-state index contributed by atoms with van der Waals surface area (Å²) in [7, 11) is 0. The average molecular weight is 369 g/mol. The van der Waals surface area contributed by atoms with E-state index in [4.69, 9.17) is 5.26 Å². The number of rotatable bonds is 4. The van der Waals surface area contributed by atoms with Gasteiger partial charge in [-0.2, -0.15) is 5.26 Å². The van der Waals surface area contributed by atoms with Crippen LogP contribution in [0.5, 0.6) is 0 Å². The molecule has 3 aromatic heterocycles. The Kier molecular flexibility index (Phi) is 4.60. The minimum atomic E-state index is 0.640. The molecule has 1 aromatic carbocycles. The molecule has 3 heterocycles. The Balaban J connectivity index is 1.59. The minimum absolute atomic E-state index is 0.640. The Hall–Kier alpha value is -3.56. The summed E-state index contributed by atoms with van der Waals surface area (Å²) in [5.74, 6) is 1.50. The van der Waals surface area contributed by atoms with Crippen LogP contribution in [0, 0.1) is 18.3 Å². The van der Waals surface area contributed by atoms with Crippen LogP contribution >= 0.6 is 11.3 Å². The van der Waals surface area contributed by atoms with Gasteiger partial charge in [-0.1, -0.05) is 18.2 Å². The molecule has 0 unspecified atom stereocenters. The van der Waals surface area contributed by atoms with E-state index in [1.165, 1.54) is 0 Å². The summed E-state index contributed by atoms with van der Waals surface area (Å²) in [5.41, 5.74) is 3.62. The first-order chi connectivity index (χ1) is 13.2. The summed E-state index contributed by atoms with van der Waals surface area (Å²) >= 11 is 1.57. The van der Waals surface area contributed by atoms with E-state index in [0.29, 0.717) is 5.56 Å². The van der Waals surface area contributed by atoms with Crippen LogP contribution in [0.3, 0.4) is 0 Å². The van der Waals surface area contributed by atoms with Gasteiger partial charge >= 0.3 is 0 Å². The summed E-state index contributed by atoms with van der Waals surface area (Å²) in [6, 6.07) is 19.3. The molecule has 6 heteroatoms. The molecule has 4 aromatic rings. The highest BCUT2D eigenvalue weighted by molar-refractivity contribution is 7.18. The zero-order valence-electron chi connectivity index (χ0n) is 14.5. The summed E-state index contributed by atoms with van der Waals surface area (Å²) in [6.45, 7) is 2.03. The molecule has 27 heavy (non-hydrogen) atoms. The van der Waals surface area contributed by atoms with Crippen LogP contribution in [0.1, 0.15) is 11.1 Å². The van der Waals surface area contributed by atoms with Crippen molar-refractivity contribution in [3.05, 3.63) is 78.1 Å². The van der Waals surface area contributed by atoms with E-state index in [9.17, 15) is 0 Å². The standard InChI is InChI=1S/C21H15N5S/c1-14-9-10-23-20(11-14)26-19-4-2-3-17(25-19)18-13-24-21(27-18)16-7-5-15(12-22)6-8-16/h2-11,13H,1H3,(H,23,25,26). The second-order valence-corrected chi connectivity index (χ2v) is 7.00. The van der Waals surface area contributed by atoms with E-state index in [2.05, 4.69) is 26.3 Å². The van der Waals surface area contributed by atoms with E-state index in [-0.39, 0.29) is 0 Å². The van der Waals surface area contributed by atoms with Gasteiger partial charge in [0, 0.05) is 18.0 Å². The molecule has 0 bridgehead atoms. The van der Waals surface area contributed by atoms with E-state index in [0.717, 1.165) is 38.3 Å². The number of pyridine rings is 2. The first-order valence-corrected chi connectivity index (χ1v) is 9.16. The third kappa shape index (κ3) is 3.84. The first kappa shape index (κ1) is 16.9. The fourth-order valence-electron chi connectivity index (χ4n) is 2.59. The molecule has 0 spiro atoms. The van der Waals surface area contributed by atoms with Crippen LogP contribution in [0.4, 0.5) is 11.6 Å². The number of nitriles is 1. The highest BCUT2D eigenvalue weighted by Gasteiger charge is 2.09. The van der Waals surface area contributed by atoms with Gasteiger partial charge in [0.15, 0.2) is 0 Å². The largest absolute Gasteiger partial charge is 0.325 e. The van der Waals surface area contributed by atoms with Gasteiger partial charge in [0.25, 0.3) is 0 Å². The maximum absolute atomic E-state index is 8.92. The van der Waals surface area contributed by atoms with Crippen LogP contribution in [0.2, 0.25) is 0 Å². The lowest BCUT2D eigenvalue weighted by Crippen LogP contribution is -1.96. The lowest BCUT2D eigenvalue weighted by Gasteiger charge is -2.06. The summed E-state index contributed by atoms with van der Waals surface area (Å²) in [5, 5.41) is 13.1. The monoisotopic (exact) mass is 369 g/mol. The molecule has 0 fully saturated rings. The predicted octanol–water partition coefficient (Wildman–Crippen LogP) is 5.19. The van der Waals surface area contributed by atoms with E-state index < -0.39 is 0 Å². The molecule has 0 aliphatic rings. The third-order valence-corrected chi connectivity index (χ3v) is 5.01. The second-order valence-electron chi connectivity index (χ2n) is 5.97. The quantitative estimate of drug-likeness (QED) is 0.536. The lowest BCUT2D eigenvalue weighted by atomic mass is 10.1. The number of anilines is 2. The van der Waals surface area contributed by atoms with Crippen molar-refractivity contribution in [3.63, 3.8) is 0 Å². The Morgan fingerprint density at radius 3 is 2.63 bits per heavy atom. The van der Waals surface area contributed by atoms with Crippen molar-refractivity contribution < 1.29 is 0 Å². The molecule has 0 radical (unpaired) electrons. The number of benzene rings is 1. The molecular formula is C21H15N5S. The van der Waals surface area contributed by atoms with Crippen LogP contribution in [0.15, 0.2) is 67.0 Å². The van der Waals surface area contributed by atoms with Gasteiger partial charge in [-0.25, -0.2) is 15.0 Å². The van der Waals surface area contributed by atoms with Crippen LogP contribution < -0.4 is 5.32 Å². The Morgan fingerprint density at radius 2 is 1.85 bits per heavy atom. The average Bonchev–Trinajstić information content (AvgIpc) is 3.19. The Bertz CT molecular complexity index is 1130. The maximum Gasteiger partial charge on any atom is 0.132 e. The predicted molar refractivity (Wildman–Crippen MR) is 108 cm³/mol. The molecule has 5 nitrogen and oxygen atoms in total. The molecule has 0 aliphatic carbocycles. The van der Waals surface area contributed by atoms with Crippen LogP contribution in [-0.2, 0) is 0 Å². The summed E-state index contributed by atoms with van der Waals surface area (Å²) in [4.78, 5) is 14.5. The van der Waals surface area contributed by atoms with Gasteiger partial charge in [-0.3, -0.25) is 0 Å². The van der Waals surface area contributed by atoms with Crippen molar-refractivity contribution in [2.75, 3.05) is 5.32 Å². The molecule has 0 saturated carbocycles. The molecule has 1 N–H and O–H groups in total. The maximum atomic E-state index is 8.92. The Labute approximate surface area is 161 Å². The minimum Gasteiger partial charge on any atom is -0.325 e. The summed E-state index contributed by atoms with van der Waals surface area (Å²) < 4.78 is 0. The number of nitrogens with one attached hydrogen (secondary N) is 1. The van der Waals surface area contributed by atoms with Gasteiger partial charge in [-0.05, 0) is 48.9 Å². The number of aromatic nitrogens is 3. The Morgan fingerprint density at radius 1 is 1.00 bits per heavy atom. The molecular weight excluding hydrogens is 354 g/mol. The molecule has 0 amide bonds.